The highest BCUT2D eigenvalue weighted by atomic mass is 35.5. The van der Waals surface area contributed by atoms with Crippen molar-refractivity contribution in [3.8, 4) is 11.5 Å². The molecule has 0 saturated carbocycles. The number of carbonyl (C=O) groups excluding carboxylic acids is 1. The van der Waals surface area contributed by atoms with Crippen LogP contribution in [0.3, 0.4) is 0 Å². The fraction of sp³-hybridized carbons (Fsp3) is 0.345. The predicted molar refractivity (Wildman–Crippen MR) is 147 cm³/mol. The van der Waals surface area contributed by atoms with Crippen molar-refractivity contribution in [1.82, 2.24) is 4.90 Å². The number of hydrogen-bond donors (Lipinski definition) is 2. The lowest BCUT2D eigenvalue weighted by atomic mass is 9.84. The number of nitrogens with one attached hydrogen (secondary N) is 2. The molecule has 2 aliphatic heterocycles. The Morgan fingerprint density at radius 3 is 2.28 bits per heavy atom. The minimum atomic E-state index is -0.0962. The highest BCUT2D eigenvalue weighted by Gasteiger charge is 2.34. The van der Waals surface area contributed by atoms with E-state index in [0.717, 1.165) is 60.8 Å². The first kappa shape index (κ1) is 25.9. The number of nitrogens with zero attached hydrogens (tertiary/aromatic N) is 1. The highest BCUT2D eigenvalue weighted by molar-refractivity contribution is 6.04. The van der Waals surface area contributed by atoms with E-state index in [1.807, 2.05) is 55.5 Å². The van der Waals surface area contributed by atoms with Crippen molar-refractivity contribution in [3.63, 3.8) is 0 Å². The molecule has 1 fully saturated rings. The molecule has 36 heavy (non-hydrogen) atoms. The van der Waals surface area contributed by atoms with E-state index in [9.17, 15) is 4.79 Å². The summed E-state index contributed by atoms with van der Waals surface area (Å²) in [6.07, 6.45) is 3.18. The van der Waals surface area contributed by atoms with Crippen molar-refractivity contribution in [3.05, 3.63) is 82.9 Å². The summed E-state index contributed by atoms with van der Waals surface area (Å²) in [6.45, 7) is 4.16. The molecule has 0 spiro atoms. The zero-order valence-electron chi connectivity index (χ0n) is 21.0. The van der Waals surface area contributed by atoms with Crippen LogP contribution in [0.1, 0.15) is 45.9 Å². The normalized spacial score (nSPS) is 18.8. The number of piperidine rings is 1. The smallest absolute Gasteiger partial charge is 0.255 e. The molecule has 3 aromatic rings. The zero-order valence-corrected chi connectivity index (χ0v) is 21.9. The van der Waals surface area contributed by atoms with Crippen LogP contribution in [0.2, 0.25) is 0 Å². The maximum Gasteiger partial charge on any atom is 0.255 e. The van der Waals surface area contributed by atoms with Gasteiger partial charge in [-0.3, -0.25) is 9.69 Å². The van der Waals surface area contributed by atoms with Crippen LogP contribution in [-0.2, 0) is 6.42 Å². The number of amides is 1. The van der Waals surface area contributed by atoms with Gasteiger partial charge in [0.2, 0.25) is 0 Å². The Morgan fingerprint density at radius 1 is 0.917 bits per heavy atom. The average Bonchev–Trinajstić information content (AvgIpc) is 2.89. The number of rotatable bonds is 6. The van der Waals surface area contributed by atoms with E-state index >= 15 is 0 Å². The fourth-order valence-electron chi connectivity index (χ4n) is 5.26. The Balaban J connectivity index is 0.00000304. The molecule has 0 radical (unpaired) electrons. The van der Waals surface area contributed by atoms with Crippen molar-refractivity contribution in [2.45, 2.75) is 38.3 Å². The predicted octanol–water partition coefficient (Wildman–Crippen LogP) is 5.86. The van der Waals surface area contributed by atoms with Gasteiger partial charge in [0.1, 0.15) is 0 Å². The summed E-state index contributed by atoms with van der Waals surface area (Å²) in [5.74, 6) is 1.51. The summed E-state index contributed by atoms with van der Waals surface area (Å²) in [5.41, 5.74) is 6.37. The SMILES string of the molecule is COc1cc2c(cc1OC)C1CC(Nc3ccc(NC(=O)c4ccc(C)cc4)cc3)CCN1CC2.Cl. The number of halogens is 1. The zero-order chi connectivity index (χ0) is 24.4. The summed E-state index contributed by atoms with van der Waals surface area (Å²) >= 11 is 0. The molecule has 5 rings (SSSR count). The van der Waals surface area contributed by atoms with Gasteiger partial charge in [0.15, 0.2) is 11.5 Å². The van der Waals surface area contributed by atoms with Crippen LogP contribution in [0, 0.1) is 6.92 Å². The first-order chi connectivity index (χ1) is 17.0. The van der Waals surface area contributed by atoms with Gasteiger partial charge in [0, 0.05) is 42.1 Å². The number of anilines is 2. The van der Waals surface area contributed by atoms with E-state index in [0.29, 0.717) is 17.6 Å². The van der Waals surface area contributed by atoms with E-state index < -0.39 is 0 Å². The van der Waals surface area contributed by atoms with E-state index in [1.165, 1.54) is 11.1 Å². The molecule has 7 heteroatoms. The Kier molecular flexibility index (Phi) is 8.07. The summed E-state index contributed by atoms with van der Waals surface area (Å²) in [6, 6.07) is 20.7. The lowest BCUT2D eigenvalue weighted by molar-refractivity contribution is 0.102. The van der Waals surface area contributed by atoms with Crippen molar-refractivity contribution in [1.29, 1.82) is 0 Å². The molecule has 190 valence electrons. The second-order valence-electron chi connectivity index (χ2n) is 9.47. The summed E-state index contributed by atoms with van der Waals surface area (Å²) in [5, 5.41) is 6.70. The van der Waals surface area contributed by atoms with Gasteiger partial charge in [-0.25, -0.2) is 0 Å². The standard InChI is InChI=1S/C29H33N3O3.ClH/c1-19-4-6-20(7-5-19)29(33)31-23-10-8-22(9-11-23)30-24-13-15-32-14-12-21-16-27(34-2)28(35-3)18-25(21)26(32)17-24;/h4-11,16,18,24,26,30H,12-15,17H2,1-3H3,(H,31,33);1H. The lowest BCUT2D eigenvalue weighted by Gasteiger charge is -2.44. The van der Waals surface area contributed by atoms with Crippen molar-refractivity contribution < 1.29 is 14.3 Å². The van der Waals surface area contributed by atoms with Crippen LogP contribution >= 0.6 is 12.4 Å². The van der Waals surface area contributed by atoms with Crippen LogP contribution in [0.15, 0.2) is 60.7 Å². The summed E-state index contributed by atoms with van der Waals surface area (Å²) in [7, 11) is 3.39. The first-order valence-corrected chi connectivity index (χ1v) is 12.3. The Morgan fingerprint density at radius 2 is 1.58 bits per heavy atom. The molecule has 1 amide bonds. The summed E-state index contributed by atoms with van der Waals surface area (Å²) in [4.78, 5) is 15.1. The van der Waals surface area contributed by atoms with Crippen molar-refractivity contribution in [2.75, 3.05) is 37.9 Å². The quantitative estimate of drug-likeness (QED) is 0.437. The van der Waals surface area contributed by atoms with E-state index in [4.69, 9.17) is 9.47 Å². The van der Waals surface area contributed by atoms with Crippen LogP contribution in [0.25, 0.3) is 0 Å². The number of fused-ring (bicyclic) bond motifs is 3. The number of methoxy groups -OCH3 is 2. The monoisotopic (exact) mass is 507 g/mol. The molecule has 0 aromatic heterocycles. The third kappa shape index (κ3) is 5.45. The van der Waals surface area contributed by atoms with Gasteiger partial charge >= 0.3 is 0 Å². The van der Waals surface area contributed by atoms with Crippen molar-refractivity contribution >= 4 is 29.7 Å². The molecule has 0 bridgehead atoms. The molecule has 1 saturated heterocycles. The van der Waals surface area contributed by atoms with Gasteiger partial charge in [0.25, 0.3) is 5.91 Å². The van der Waals surface area contributed by atoms with Gasteiger partial charge < -0.3 is 20.1 Å². The molecule has 2 atom stereocenters. The highest BCUT2D eigenvalue weighted by Crippen LogP contribution is 2.42. The molecule has 2 aliphatic rings. The van der Waals surface area contributed by atoms with Gasteiger partial charge in [-0.2, -0.15) is 0 Å². The molecule has 6 nitrogen and oxygen atoms in total. The van der Waals surface area contributed by atoms with Crippen LogP contribution < -0.4 is 20.1 Å². The minimum Gasteiger partial charge on any atom is -0.493 e. The number of benzene rings is 3. The third-order valence-electron chi connectivity index (χ3n) is 7.21. The van der Waals surface area contributed by atoms with E-state index in [-0.39, 0.29) is 18.3 Å². The Bertz CT molecular complexity index is 1200. The van der Waals surface area contributed by atoms with E-state index in [1.54, 1.807) is 14.2 Å². The minimum absolute atomic E-state index is 0. The average molecular weight is 508 g/mol. The number of carbonyl (C=O) groups is 1. The molecule has 2 N–H and O–H groups in total. The second-order valence-corrected chi connectivity index (χ2v) is 9.47. The lowest BCUT2D eigenvalue weighted by Crippen LogP contribution is -2.44. The largest absolute Gasteiger partial charge is 0.493 e. The molecular weight excluding hydrogens is 474 g/mol. The number of aryl methyl sites for hydroxylation is 1. The Hall–Kier alpha value is -3.22. The van der Waals surface area contributed by atoms with E-state index in [2.05, 4.69) is 27.7 Å². The fourth-order valence-corrected chi connectivity index (χ4v) is 5.26. The second kappa shape index (κ2) is 11.2. The summed E-state index contributed by atoms with van der Waals surface area (Å²) < 4.78 is 11.1. The van der Waals surface area contributed by atoms with Crippen LogP contribution in [0.5, 0.6) is 11.5 Å². The maximum atomic E-state index is 12.5. The molecule has 3 aromatic carbocycles. The van der Waals surface area contributed by atoms with Gasteiger partial charge in [-0.15, -0.1) is 12.4 Å². The first-order valence-electron chi connectivity index (χ1n) is 12.3. The van der Waals surface area contributed by atoms with Gasteiger partial charge in [0.05, 0.1) is 14.2 Å². The topological polar surface area (TPSA) is 62.8 Å². The molecule has 2 heterocycles. The molecule has 0 aliphatic carbocycles. The van der Waals surface area contributed by atoms with Crippen LogP contribution in [0.4, 0.5) is 11.4 Å². The maximum absolute atomic E-state index is 12.5. The number of ether oxygens (including phenoxy) is 2. The number of hydrogen-bond acceptors (Lipinski definition) is 5. The van der Waals surface area contributed by atoms with Gasteiger partial charge in [-0.1, -0.05) is 17.7 Å². The molecular formula is C29H34ClN3O3. The van der Waals surface area contributed by atoms with Crippen LogP contribution in [-0.4, -0.2) is 44.2 Å². The Labute approximate surface area is 219 Å². The third-order valence-corrected chi connectivity index (χ3v) is 7.21. The van der Waals surface area contributed by atoms with Crippen molar-refractivity contribution in [2.24, 2.45) is 0 Å². The van der Waals surface area contributed by atoms with Gasteiger partial charge in [-0.05, 0) is 85.8 Å². The molecule has 2 unspecified atom stereocenters.